The van der Waals surface area contributed by atoms with E-state index >= 15 is 0 Å². The number of rotatable bonds is 11. The van der Waals surface area contributed by atoms with Crippen molar-refractivity contribution in [2.24, 2.45) is 11.3 Å². The fourth-order valence-corrected chi connectivity index (χ4v) is 9.93. The number of nitrogens with zero attached hydrogens (tertiary/aromatic N) is 5. The van der Waals surface area contributed by atoms with Crippen molar-refractivity contribution < 1.29 is 38.6 Å². The van der Waals surface area contributed by atoms with E-state index in [-0.39, 0.29) is 36.4 Å². The number of carbonyl (C=O) groups is 5. The molecule has 4 atom stereocenters. The number of ether oxygens (including phenoxy) is 2. The number of amides is 4. The number of phenols is 1. The Morgan fingerprint density at radius 3 is 2.61 bits per heavy atom. The Hall–Kier alpha value is -6.43. The number of methoxy groups -OCH3 is 1. The maximum atomic E-state index is 14.7. The summed E-state index contributed by atoms with van der Waals surface area (Å²) in [4.78, 5) is 79.0. The lowest BCUT2D eigenvalue weighted by molar-refractivity contribution is -0.155. The Morgan fingerprint density at radius 2 is 1.90 bits per heavy atom. The molecule has 1 unspecified atom stereocenters. The SMILES string of the molecule is C=CC(=O)Nc1cnc(C(=O)N(C)C(C(=O)N[C@H]2Cc3cc(O)cc(c3)-c3ccc4c(c3)c(c(-c3cccnc3[C@H](C)OC)n4CC)CC(C)(C)COC(=O)[C@@H]3CCCN(N3)C2=O)C(C)C)s1. The number of pyridine rings is 1. The number of nitrogens with one attached hydrogen (secondary N) is 3. The van der Waals surface area contributed by atoms with E-state index in [1.54, 1.807) is 39.3 Å². The van der Waals surface area contributed by atoms with Gasteiger partial charge in [0.05, 0.1) is 30.3 Å². The molecule has 67 heavy (non-hydrogen) atoms. The van der Waals surface area contributed by atoms with Crippen LogP contribution < -0.4 is 16.1 Å². The number of carbonyl (C=O) groups excluding carboxylic acids is 5. The number of phenolic OH excluding ortho intramolecular Hbond substituents is 1. The van der Waals surface area contributed by atoms with Gasteiger partial charge in [-0.1, -0.05) is 57.7 Å². The number of fused-ring (bicyclic) bond motifs is 6. The molecule has 1 saturated heterocycles. The molecule has 354 valence electrons. The van der Waals surface area contributed by atoms with Crippen LogP contribution in [0.15, 0.2) is 73.6 Å². The summed E-state index contributed by atoms with van der Waals surface area (Å²) in [6.45, 7) is 16.2. The number of hydrogen-bond donors (Lipinski definition) is 4. The van der Waals surface area contributed by atoms with E-state index in [2.05, 4.69) is 71.2 Å². The standard InChI is InChI=1S/C50H60N8O8S/c1-10-40(60)54-41-26-52-46(67-41)48(63)56(8)43(28(3)4)45(61)53-38-22-30-20-32(23-33(59)21-30)31-16-17-39-35(24-31)36(44(57(39)11-2)34-14-12-18-51-42(34)29(5)65-9)25-50(6,7)27-66-49(64)37-15-13-19-58(55-37)47(38)62/h10,12,14,16-18,20-21,23-24,26,28-29,37-38,43,55,59H,1,11,13,15,19,22,25,27H2,2-9H3,(H,53,61)(H,54,60)/t29-,37-,38-,43?/m0/s1. The smallest absolute Gasteiger partial charge is 0.324 e. The Balaban J connectivity index is 1.31. The van der Waals surface area contributed by atoms with Gasteiger partial charge < -0.3 is 34.7 Å². The second-order valence-electron chi connectivity index (χ2n) is 18.4. The van der Waals surface area contributed by atoms with E-state index in [0.29, 0.717) is 41.9 Å². The number of aromatic nitrogens is 3. The average molecular weight is 933 g/mol. The number of cyclic esters (lactones) is 1. The van der Waals surface area contributed by atoms with Crippen LogP contribution in [-0.4, -0.2) is 105 Å². The molecule has 7 rings (SSSR count). The van der Waals surface area contributed by atoms with E-state index in [0.717, 1.165) is 56.4 Å². The summed E-state index contributed by atoms with van der Waals surface area (Å²) in [5.74, 6) is -3.06. The summed E-state index contributed by atoms with van der Waals surface area (Å²) in [5, 5.41) is 19.6. The third-order valence-corrected chi connectivity index (χ3v) is 13.3. The van der Waals surface area contributed by atoms with Crippen molar-refractivity contribution in [2.75, 3.05) is 32.6 Å². The Kier molecular flexibility index (Phi) is 14.6. The first-order valence-electron chi connectivity index (χ1n) is 22.6. The summed E-state index contributed by atoms with van der Waals surface area (Å²) in [6.07, 6.45) is 5.34. The van der Waals surface area contributed by atoms with Gasteiger partial charge >= 0.3 is 5.97 Å². The molecule has 5 heterocycles. The number of hydrogen-bond acceptors (Lipinski definition) is 12. The summed E-state index contributed by atoms with van der Waals surface area (Å²) in [5.41, 5.74) is 9.39. The van der Waals surface area contributed by atoms with Crippen LogP contribution in [-0.2, 0) is 48.0 Å². The third-order valence-electron chi connectivity index (χ3n) is 12.4. The Morgan fingerprint density at radius 1 is 1.12 bits per heavy atom. The van der Waals surface area contributed by atoms with Gasteiger partial charge in [0.2, 0.25) is 11.8 Å². The van der Waals surface area contributed by atoms with Crippen molar-refractivity contribution in [2.45, 2.75) is 98.0 Å². The number of aryl methyl sites for hydroxylation is 1. The summed E-state index contributed by atoms with van der Waals surface area (Å²) in [6, 6.07) is 12.2. The first-order valence-corrected chi connectivity index (χ1v) is 23.4. The molecule has 6 bridgehead atoms. The van der Waals surface area contributed by atoms with Gasteiger partial charge in [0.15, 0.2) is 5.01 Å². The molecule has 0 aliphatic carbocycles. The Bertz CT molecular complexity index is 2710. The van der Waals surface area contributed by atoms with E-state index in [1.165, 1.54) is 23.2 Å². The number of likely N-dealkylation sites (N-methyl/N-ethyl adjacent to an activating group) is 1. The molecule has 2 aliphatic heterocycles. The fraction of sp³-hybridized carbons (Fsp3) is 0.420. The number of thiazole rings is 1. The van der Waals surface area contributed by atoms with Crippen molar-refractivity contribution in [1.82, 2.24) is 35.2 Å². The monoisotopic (exact) mass is 932 g/mol. The van der Waals surface area contributed by atoms with Crippen LogP contribution in [0.3, 0.4) is 0 Å². The van der Waals surface area contributed by atoms with Crippen molar-refractivity contribution in [1.29, 1.82) is 0 Å². The number of hydrazine groups is 1. The topological polar surface area (TPSA) is 197 Å². The van der Waals surface area contributed by atoms with Gasteiger partial charge in [0.1, 0.15) is 28.9 Å². The predicted octanol–water partition coefficient (Wildman–Crippen LogP) is 6.83. The van der Waals surface area contributed by atoms with Crippen molar-refractivity contribution in [3.63, 3.8) is 0 Å². The minimum absolute atomic E-state index is 0.0300. The molecular weight excluding hydrogens is 873 g/mol. The highest BCUT2D eigenvalue weighted by atomic mass is 32.1. The molecule has 0 radical (unpaired) electrons. The van der Waals surface area contributed by atoms with Crippen LogP contribution in [0.4, 0.5) is 5.00 Å². The number of aromatic hydroxyl groups is 1. The van der Waals surface area contributed by atoms with Gasteiger partial charge in [-0.25, -0.2) is 10.4 Å². The van der Waals surface area contributed by atoms with Crippen LogP contribution in [0.1, 0.15) is 87.1 Å². The van der Waals surface area contributed by atoms with Crippen molar-refractivity contribution in [3.05, 3.63) is 95.4 Å². The van der Waals surface area contributed by atoms with Crippen molar-refractivity contribution >= 4 is 56.8 Å². The predicted molar refractivity (Wildman–Crippen MR) is 257 cm³/mol. The molecule has 1 fully saturated rings. The van der Waals surface area contributed by atoms with Gasteiger partial charge in [-0.2, -0.15) is 0 Å². The lowest BCUT2D eigenvalue weighted by Crippen LogP contribution is -2.62. The molecule has 5 aromatic rings. The molecule has 16 nitrogen and oxygen atoms in total. The molecule has 4 amide bonds. The number of anilines is 1. The lowest BCUT2D eigenvalue weighted by Gasteiger charge is -2.36. The first kappa shape index (κ1) is 48.5. The van der Waals surface area contributed by atoms with E-state index < -0.39 is 59.1 Å². The zero-order valence-electron chi connectivity index (χ0n) is 39.3. The molecular formula is C50H60N8O8S. The van der Waals surface area contributed by atoms with Gasteiger partial charge in [-0.3, -0.25) is 34.0 Å². The Labute approximate surface area is 394 Å². The molecule has 2 aliphatic rings. The van der Waals surface area contributed by atoms with Crippen molar-refractivity contribution in [3.8, 4) is 28.1 Å². The average Bonchev–Trinajstić information content (AvgIpc) is 3.90. The maximum Gasteiger partial charge on any atom is 0.324 e. The zero-order valence-corrected chi connectivity index (χ0v) is 40.2. The maximum absolute atomic E-state index is 14.7. The van der Waals surface area contributed by atoms with E-state index in [9.17, 15) is 29.1 Å². The molecule has 17 heteroatoms. The van der Waals surface area contributed by atoms with Gasteiger partial charge in [0.25, 0.3) is 11.8 Å². The molecule has 4 N–H and O–H groups in total. The minimum atomic E-state index is -1.20. The minimum Gasteiger partial charge on any atom is -0.508 e. The lowest BCUT2D eigenvalue weighted by atomic mass is 9.84. The zero-order chi connectivity index (χ0) is 48.3. The van der Waals surface area contributed by atoms with Crippen LogP contribution in [0.2, 0.25) is 0 Å². The van der Waals surface area contributed by atoms with Gasteiger partial charge in [-0.05, 0) is 104 Å². The van der Waals surface area contributed by atoms with E-state index in [1.807, 2.05) is 25.1 Å². The molecule has 0 spiro atoms. The molecule has 0 saturated carbocycles. The van der Waals surface area contributed by atoms with Crippen LogP contribution in [0, 0.1) is 11.3 Å². The second kappa shape index (κ2) is 20.2. The highest BCUT2D eigenvalue weighted by Gasteiger charge is 2.38. The fourth-order valence-electron chi connectivity index (χ4n) is 9.13. The largest absolute Gasteiger partial charge is 0.508 e. The molecule has 3 aromatic heterocycles. The highest BCUT2D eigenvalue weighted by Crippen LogP contribution is 2.42. The normalized spacial score (nSPS) is 18.4. The van der Waals surface area contributed by atoms with Gasteiger partial charge in [-0.15, -0.1) is 0 Å². The first-order chi connectivity index (χ1) is 31.9. The van der Waals surface area contributed by atoms with Crippen LogP contribution in [0.5, 0.6) is 5.75 Å². The number of esters is 1. The quantitative estimate of drug-likeness (QED) is 0.0801. The summed E-state index contributed by atoms with van der Waals surface area (Å²) < 4.78 is 14.2. The van der Waals surface area contributed by atoms with Crippen LogP contribution >= 0.6 is 11.3 Å². The van der Waals surface area contributed by atoms with Crippen LogP contribution in [0.25, 0.3) is 33.3 Å². The summed E-state index contributed by atoms with van der Waals surface area (Å²) >= 11 is 0.956. The highest BCUT2D eigenvalue weighted by molar-refractivity contribution is 7.17. The third kappa shape index (κ3) is 10.4. The van der Waals surface area contributed by atoms with E-state index in [4.69, 9.17) is 14.5 Å². The molecule has 2 aromatic carbocycles. The summed E-state index contributed by atoms with van der Waals surface area (Å²) in [7, 11) is 3.15. The van der Waals surface area contributed by atoms with Gasteiger partial charge in [0, 0.05) is 61.7 Å². The second-order valence-corrected chi connectivity index (χ2v) is 19.4. The number of benzene rings is 2.